The predicted octanol–water partition coefficient (Wildman–Crippen LogP) is 5.56. The molecule has 0 aliphatic carbocycles. The first-order chi connectivity index (χ1) is 8.85. The SMILES string of the molecule is CC(C)(C)NCc1ccc(-c2cc(Cl)ccc2Cl)o1.Cl. The topological polar surface area (TPSA) is 25.2 Å². The van der Waals surface area contributed by atoms with Gasteiger partial charge < -0.3 is 9.73 Å². The van der Waals surface area contributed by atoms with Crippen molar-refractivity contribution >= 4 is 35.6 Å². The van der Waals surface area contributed by atoms with Crippen LogP contribution in [-0.2, 0) is 6.54 Å². The minimum absolute atomic E-state index is 0. The van der Waals surface area contributed by atoms with Crippen LogP contribution in [0.4, 0.5) is 0 Å². The van der Waals surface area contributed by atoms with Gasteiger partial charge in [-0.15, -0.1) is 12.4 Å². The lowest BCUT2D eigenvalue weighted by Gasteiger charge is -2.19. The molecule has 0 aliphatic rings. The fourth-order valence-electron chi connectivity index (χ4n) is 1.66. The summed E-state index contributed by atoms with van der Waals surface area (Å²) in [6.07, 6.45) is 0. The Bertz CT molecular complexity index is 573. The molecule has 0 bridgehead atoms. The molecule has 0 saturated carbocycles. The molecule has 0 saturated heterocycles. The Hall–Kier alpha value is -0.670. The molecule has 1 N–H and O–H groups in total. The average Bonchev–Trinajstić information content (AvgIpc) is 2.77. The smallest absolute Gasteiger partial charge is 0.135 e. The Labute approximate surface area is 135 Å². The van der Waals surface area contributed by atoms with Crippen molar-refractivity contribution in [3.05, 3.63) is 46.1 Å². The molecular weight excluding hydrogens is 317 g/mol. The van der Waals surface area contributed by atoms with E-state index in [1.807, 2.05) is 18.2 Å². The molecule has 2 aromatic rings. The Kier molecular flexibility index (Phi) is 5.96. The van der Waals surface area contributed by atoms with Crippen LogP contribution in [0.15, 0.2) is 34.7 Å². The lowest BCUT2D eigenvalue weighted by molar-refractivity contribution is 0.391. The van der Waals surface area contributed by atoms with Crippen LogP contribution < -0.4 is 5.32 Å². The maximum absolute atomic E-state index is 6.16. The van der Waals surface area contributed by atoms with Gasteiger partial charge in [0.15, 0.2) is 0 Å². The average molecular weight is 335 g/mol. The van der Waals surface area contributed by atoms with Gasteiger partial charge in [-0.25, -0.2) is 0 Å². The Morgan fingerprint density at radius 1 is 1.10 bits per heavy atom. The van der Waals surface area contributed by atoms with E-state index < -0.39 is 0 Å². The molecule has 1 aromatic heterocycles. The van der Waals surface area contributed by atoms with Gasteiger partial charge in [-0.3, -0.25) is 0 Å². The summed E-state index contributed by atoms with van der Waals surface area (Å²) in [4.78, 5) is 0. The zero-order valence-electron chi connectivity index (χ0n) is 11.7. The molecule has 0 amide bonds. The van der Waals surface area contributed by atoms with Crippen LogP contribution >= 0.6 is 35.6 Å². The Morgan fingerprint density at radius 3 is 2.45 bits per heavy atom. The number of furan rings is 1. The van der Waals surface area contributed by atoms with Crippen LogP contribution in [0.1, 0.15) is 26.5 Å². The fraction of sp³-hybridized carbons (Fsp3) is 0.333. The van der Waals surface area contributed by atoms with Crippen molar-refractivity contribution in [2.24, 2.45) is 0 Å². The maximum Gasteiger partial charge on any atom is 0.135 e. The lowest BCUT2D eigenvalue weighted by Crippen LogP contribution is -2.34. The van der Waals surface area contributed by atoms with Crippen molar-refractivity contribution in [3.8, 4) is 11.3 Å². The number of nitrogens with one attached hydrogen (secondary N) is 1. The summed E-state index contributed by atoms with van der Waals surface area (Å²) >= 11 is 12.1. The van der Waals surface area contributed by atoms with Crippen molar-refractivity contribution in [1.82, 2.24) is 5.32 Å². The van der Waals surface area contributed by atoms with Crippen molar-refractivity contribution in [2.45, 2.75) is 32.9 Å². The largest absolute Gasteiger partial charge is 0.460 e. The van der Waals surface area contributed by atoms with Gasteiger partial charge in [-0.05, 0) is 51.1 Å². The van der Waals surface area contributed by atoms with E-state index in [4.69, 9.17) is 27.6 Å². The molecule has 110 valence electrons. The van der Waals surface area contributed by atoms with Crippen LogP contribution in [0.2, 0.25) is 10.0 Å². The van der Waals surface area contributed by atoms with Gasteiger partial charge >= 0.3 is 0 Å². The van der Waals surface area contributed by atoms with Gasteiger partial charge in [-0.2, -0.15) is 0 Å². The molecule has 0 aliphatic heterocycles. The predicted molar refractivity (Wildman–Crippen MR) is 88.0 cm³/mol. The van der Waals surface area contributed by atoms with E-state index in [-0.39, 0.29) is 17.9 Å². The van der Waals surface area contributed by atoms with Gasteiger partial charge in [0.1, 0.15) is 11.5 Å². The molecule has 20 heavy (non-hydrogen) atoms. The summed E-state index contributed by atoms with van der Waals surface area (Å²) in [7, 11) is 0. The van der Waals surface area contributed by atoms with E-state index in [1.54, 1.807) is 12.1 Å². The molecule has 1 heterocycles. The second-order valence-corrected chi connectivity index (χ2v) is 6.34. The van der Waals surface area contributed by atoms with Gasteiger partial charge in [0, 0.05) is 16.1 Å². The second-order valence-electron chi connectivity index (χ2n) is 5.49. The van der Waals surface area contributed by atoms with Crippen molar-refractivity contribution < 1.29 is 4.42 Å². The first-order valence-electron chi connectivity index (χ1n) is 6.14. The summed E-state index contributed by atoms with van der Waals surface area (Å²) in [6.45, 7) is 7.03. The Morgan fingerprint density at radius 2 is 1.80 bits per heavy atom. The van der Waals surface area contributed by atoms with Crippen LogP contribution in [0.3, 0.4) is 0 Å². The third-order valence-electron chi connectivity index (χ3n) is 2.65. The summed E-state index contributed by atoms with van der Waals surface area (Å²) in [5.41, 5.74) is 0.872. The molecular formula is C15H18Cl3NO. The van der Waals surface area contributed by atoms with E-state index >= 15 is 0 Å². The third kappa shape index (κ3) is 4.71. The van der Waals surface area contributed by atoms with Crippen LogP contribution in [0.25, 0.3) is 11.3 Å². The quantitative estimate of drug-likeness (QED) is 0.794. The van der Waals surface area contributed by atoms with Crippen LogP contribution in [0.5, 0.6) is 0 Å². The second kappa shape index (κ2) is 6.86. The molecule has 2 rings (SSSR count). The summed E-state index contributed by atoms with van der Waals surface area (Å²) in [5, 5.41) is 4.65. The summed E-state index contributed by atoms with van der Waals surface area (Å²) < 4.78 is 5.80. The van der Waals surface area contributed by atoms with Crippen molar-refractivity contribution in [2.75, 3.05) is 0 Å². The minimum atomic E-state index is 0. The van der Waals surface area contributed by atoms with E-state index in [0.717, 1.165) is 17.1 Å². The van der Waals surface area contributed by atoms with Crippen LogP contribution in [-0.4, -0.2) is 5.54 Å². The molecule has 0 radical (unpaired) electrons. The first kappa shape index (κ1) is 17.4. The number of hydrogen-bond acceptors (Lipinski definition) is 2. The van der Waals surface area contributed by atoms with E-state index in [9.17, 15) is 0 Å². The van der Waals surface area contributed by atoms with Gasteiger partial charge in [0.05, 0.1) is 11.6 Å². The van der Waals surface area contributed by atoms with Gasteiger partial charge in [0.2, 0.25) is 0 Å². The lowest BCUT2D eigenvalue weighted by atomic mass is 10.1. The number of halogens is 3. The van der Waals surface area contributed by atoms with Gasteiger partial charge in [0.25, 0.3) is 0 Å². The monoisotopic (exact) mass is 333 g/mol. The van der Waals surface area contributed by atoms with E-state index in [1.165, 1.54) is 0 Å². The Balaban J connectivity index is 0.00000200. The minimum Gasteiger partial charge on any atom is -0.460 e. The zero-order valence-corrected chi connectivity index (χ0v) is 14.0. The highest BCUT2D eigenvalue weighted by Gasteiger charge is 2.12. The molecule has 2 nitrogen and oxygen atoms in total. The van der Waals surface area contributed by atoms with Gasteiger partial charge in [-0.1, -0.05) is 23.2 Å². The molecule has 0 spiro atoms. The number of hydrogen-bond donors (Lipinski definition) is 1. The zero-order chi connectivity index (χ0) is 14.0. The standard InChI is InChI=1S/C15H17Cl2NO.ClH/c1-15(2,3)18-9-11-5-7-14(19-11)12-8-10(16)4-6-13(12)17;/h4-8,18H,9H2,1-3H3;1H. The summed E-state index contributed by atoms with van der Waals surface area (Å²) in [6, 6.07) is 9.21. The highest BCUT2D eigenvalue weighted by molar-refractivity contribution is 6.35. The van der Waals surface area contributed by atoms with Crippen molar-refractivity contribution in [1.29, 1.82) is 0 Å². The van der Waals surface area contributed by atoms with E-state index in [0.29, 0.717) is 16.6 Å². The highest BCUT2D eigenvalue weighted by atomic mass is 35.5. The molecule has 5 heteroatoms. The van der Waals surface area contributed by atoms with Crippen molar-refractivity contribution in [3.63, 3.8) is 0 Å². The molecule has 0 atom stereocenters. The van der Waals surface area contributed by atoms with E-state index in [2.05, 4.69) is 26.1 Å². The third-order valence-corrected chi connectivity index (χ3v) is 3.21. The molecule has 1 aromatic carbocycles. The normalized spacial score (nSPS) is 11.2. The first-order valence-corrected chi connectivity index (χ1v) is 6.90. The molecule has 0 unspecified atom stereocenters. The highest BCUT2D eigenvalue weighted by Crippen LogP contribution is 2.31. The maximum atomic E-state index is 6.16. The molecule has 0 fully saturated rings. The fourth-order valence-corrected chi connectivity index (χ4v) is 2.04. The number of benzene rings is 1. The summed E-state index contributed by atoms with van der Waals surface area (Å²) in [5.74, 6) is 1.61. The van der Waals surface area contributed by atoms with Crippen LogP contribution in [0, 0.1) is 0 Å². The number of rotatable bonds is 3.